The van der Waals surface area contributed by atoms with Crippen LogP contribution in [0.15, 0.2) is 42.6 Å². The van der Waals surface area contributed by atoms with Gasteiger partial charge in [0.05, 0.1) is 6.04 Å². The van der Waals surface area contributed by atoms with Gasteiger partial charge in [-0.15, -0.1) is 0 Å². The Balaban J connectivity index is 1.69. The van der Waals surface area contributed by atoms with Crippen LogP contribution in [0.1, 0.15) is 34.6 Å². The average Bonchev–Trinajstić information content (AvgIpc) is 3.09. The first-order chi connectivity index (χ1) is 12.6. The molecule has 1 aliphatic heterocycles. The Hall–Kier alpha value is -2.11. The molecule has 140 valence electrons. The number of amides is 1. The number of carbonyl (C=O) groups excluding carboxylic acids is 1. The van der Waals surface area contributed by atoms with Crippen LogP contribution >= 0.6 is 0 Å². The minimum atomic E-state index is 0.000916. The summed E-state index contributed by atoms with van der Waals surface area (Å²) in [5, 5.41) is 3.15. The van der Waals surface area contributed by atoms with Gasteiger partial charge in [-0.25, -0.2) is 0 Å². The molecular formula is C21H30N4O. The van der Waals surface area contributed by atoms with E-state index in [2.05, 4.69) is 59.0 Å². The van der Waals surface area contributed by atoms with E-state index in [4.69, 9.17) is 0 Å². The molecule has 1 atom stereocenters. The van der Waals surface area contributed by atoms with Crippen molar-refractivity contribution >= 4 is 5.91 Å². The van der Waals surface area contributed by atoms with Crippen molar-refractivity contribution in [2.24, 2.45) is 7.05 Å². The van der Waals surface area contributed by atoms with Crippen LogP contribution in [0.2, 0.25) is 0 Å². The van der Waals surface area contributed by atoms with Crippen molar-refractivity contribution < 1.29 is 4.79 Å². The monoisotopic (exact) mass is 354 g/mol. The highest BCUT2D eigenvalue weighted by Crippen LogP contribution is 2.22. The molecule has 1 aliphatic rings. The quantitative estimate of drug-likeness (QED) is 0.865. The van der Waals surface area contributed by atoms with E-state index in [0.29, 0.717) is 6.54 Å². The molecule has 2 heterocycles. The maximum absolute atomic E-state index is 12.6. The average molecular weight is 354 g/mol. The van der Waals surface area contributed by atoms with Crippen LogP contribution in [-0.2, 0) is 13.5 Å². The molecule has 2 aromatic rings. The summed E-state index contributed by atoms with van der Waals surface area (Å²) in [6.07, 6.45) is 3.06. The highest BCUT2D eigenvalue weighted by Gasteiger charge is 2.26. The molecule has 1 aromatic carbocycles. The van der Waals surface area contributed by atoms with E-state index in [1.54, 1.807) is 0 Å². The number of hydrogen-bond donors (Lipinski definition) is 1. The third-order valence-electron chi connectivity index (χ3n) is 5.38. The molecule has 26 heavy (non-hydrogen) atoms. The van der Waals surface area contributed by atoms with Gasteiger partial charge in [0.15, 0.2) is 0 Å². The predicted molar refractivity (Wildman–Crippen MR) is 105 cm³/mol. The van der Waals surface area contributed by atoms with E-state index < -0.39 is 0 Å². The summed E-state index contributed by atoms with van der Waals surface area (Å²) in [5.41, 5.74) is 3.23. The van der Waals surface area contributed by atoms with Gasteiger partial charge in [0.1, 0.15) is 0 Å². The molecule has 0 aliphatic carbocycles. The fourth-order valence-corrected chi connectivity index (χ4v) is 3.56. The Bertz CT molecular complexity index is 714. The Morgan fingerprint density at radius 2 is 1.77 bits per heavy atom. The molecule has 0 radical (unpaired) electrons. The summed E-state index contributed by atoms with van der Waals surface area (Å²) in [7, 11) is 4.24. The van der Waals surface area contributed by atoms with Crippen LogP contribution < -0.4 is 5.32 Å². The first-order valence-corrected chi connectivity index (χ1v) is 9.49. The molecule has 0 spiro atoms. The van der Waals surface area contributed by atoms with E-state index in [1.807, 2.05) is 24.3 Å². The zero-order chi connectivity index (χ0) is 18.5. The van der Waals surface area contributed by atoms with Crippen molar-refractivity contribution in [1.29, 1.82) is 0 Å². The Morgan fingerprint density at radius 1 is 1.08 bits per heavy atom. The first kappa shape index (κ1) is 18.7. The summed E-state index contributed by atoms with van der Waals surface area (Å²) in [6.45, 7) is 6.91. The zero-order valence-electron chi connectivity index (χ0n) is 16.1. The molecular weight excluding hydrogens is 324 g/mol. The molecule has 5 nitrogen and oxygen atoms in total. The normalized spacial score (nSPS) is 17.2. The standard InChI is InChI=1S/C21H30N4O/c1-4-17-7-9-18(10-8-17)21(26)22-16-20(19-6-5-11-24(19)3)25-14-12-23(2)13-15-25/h5-11,20H,4,12-16H2,1-3H3,(H,22,26). The number of aromatic nitrogens is 1. The molecule has 1 saturated heterocycles. The second-order valence-electron chi connectivity index (χ2n) is 7.16. The van der Waals surface area contributed by atoms with Gasteiger partial charge in [0.2, 0.25) is 0 Å². The highest BCUT2D eigenvalue weighted by atomic mass is 16.1. The number of carbonyl (C=O) groups is 1. The Kier molecular flexibility index (Phi) is 6.12. The van der Waals surface area contributed by atoms with Gasteiger partial charge < -0.3 is 14.8 Å². The topological polar surface area (TPSA) is 40.5 Å². The summed E-state index contributed by atoms with van der Waals surface area (Å²) < 4.78 is 2.16. The van der Waals surface area contributed by atoms with Crippen LogP contribution in [0.5, 0.6) is 0 Å². The van der Waals surface area contributed by atoms with Gasteiger partial charge in [-0.2, -0.15) is 0 Å². The van der Waals surface area contributed by atoms with E-state index in [9.17, 15) is 4.79 Å². The van der Waals surface area contributed by atoms with E-state index in [-0.39, 0.29) is 11.9 Å². The largest absolute Gasteiger partial charge is 0.353 e. The smallest absolute Gasteiger partial charge is 0.251 e. The summed E-state index contributed by atoms with van der Waals surface area (Å²) in [5.74, 6) is 0.000916. The number of aryl methyl sites for hydroxylation is 2. The highest BCUT2D eigenvalue weighted by molar-refractivity contribution is 5.94. The van der Waals surface area contributed by atoms with Crippen molar-refractivity contribution in [2.75, 3.05) is 39.8 Å². The number of piperazine rings is 1. The van der Waals surface area contributed by atoms with Crippen LogP contribution in [0, 0.1) is 0 Å². The van der Waals surface area contributed by atoms with E-state index >= 15 is 0 Å². The maximum atomic E-state index is 12.6. The molecule has 0 saturated carbocycles. The lowest BCUT2D eigenvalue weighted by Gasteiger charge is -2.38. The van der Waals surface area contributed by atoms with Crippen LogP contribution in [0.25, 0.3) is 0 Å². The zero-order valence-corrected chi connectivity index (χ0v) is 16.1. The molecule has 1 unspecified atom stereocenters. The third-order valence-corrected chi connectivity index (χ3v) is 5.38. The van der Waals surface area contributed by atoms with Gasteiger partial charge in [0.25, 0.3) is 5.91 Å². The van der Waals surface area contributed by atoms with Crippen molar-refractivity contribution in [3.05, 3.63) is 59.4 Å². The first-order valence-electron chi connectivity index (χ1n) is 9.49. The maximum Gasteiger partial charge on any atom is 0.251 e. The lowest BCUT2D eigenvalue weighted by Crippen LogP contribution is -2.48. The summed E-state index contributed by atoms with van der Waals surface area (Å²) in [4.78, 5) is 17.4. The SMILES string of the molecule is CCc1ccc(C(=O)NCC(c2cccn2C)N2CCN(C)CC2)cc1. The fourth-order valence-electron chi connectivity index (χ4n) is 3.56. The minimum absolute atomic E-state index is 0.000916. The molecule has 1 N–H and O–H groups in total. The molecule has 1 fully saturated rings. The van der Waals surface area contributed by atoms with Crippen molar-refractivity contribution in [3.8, 4) is 0 Å². The third kappa shape index (κ3) is 4.34. The Morgan fingerprint density at radius 3 is 2.35 bits per heavy atom. The lowest BCUT2D eigenvalue weighted by atomic mass is 10.1. The van der Waals surface area contributed by atoms with Gasteiger partial charge >= 0.3 is 0 Å². The van der Waals surface area contributed by atoms with Crippen molar-refractivity contribution in [3.63, 3.8) is 0 Å². The molecule has 1 aromatic heterocycles. The second kappa shape index (κ2) is 8.52. The van der Waals surface area contributed by atoms with Gasteiger partial charge in [-0.3, -0.25) is 9.69 Å². The summed E-state index contributed by atoms with van der Waals surface area (Å²) in [6, 6.07) is 12.3. The molecule has 3 rings (SSSR count). The fraction of sp³-hybridized carbons (Fsp3) is 0.476. The van der Waals surface area contributed by atoms with Crippen LogP contribution in [0.4, 0.5) is 0 Å². The minimum Gasteiger partial charge on any atom is -0.353 e. The number of nitrogens with zero attached hydrogens (tertiary/aromatic N) is 3. The second-order valence-corrected chi connectivity index (χ2v) is 7.16. The number of likely N-dealkylation sites (N-methyl/N-ethyl adjacent to an activating group) is 1. The number of rotatable bonds is 6. The van der Waals surface area contributed by atoms with E-state index in [1.165, 1.54) is 11.3 Å². The molecule has 1 amide bonds. The summed E-state index contributed by atoms with van der Waals surface area (Å²) >= 11 is 0. The predicted octanol–water partition coefficient (Wildman–Crippen LogP) is 2.31. The van der Waals surface area contributed by atoms with Crippen molar-refractivity contribution in [2.45, 2.75) is 19.4 Å². The number of hydrogen-bond acceptors (Lipinski definition) is 3. The molecule has 5 heteroatoms. The van der Waals surface area contributed by atoms with Gasteiger partial charge in [-0.05, 0) is 43.3 Å². The van der Waals surface area contributed by atoms with Crippen LogP contribution in [0.3, 0.4) is 0 Å². The van der Waals surface area contributed by atoms with Gasteiger partial charge in [-0.1, -0.05) is 19.1 Å². The van der Waals surface area contributed by atoms with Gasteiger partial charge in [0, 0.05) is 57.2 Å². The number of nitrogens with one attached hydrogen (secondary N) is 1. The Labute approximate surface area is 156 Å². The lowest BCUT2D eigenvalue weighted by molar-refractivity contribution is 0.0877. The van der Waals surface area contributed by atoms with Crippen molar-refractivity contribution in [1.82, 2.24) is 19.7 Å². The van der Waals surface area contributed by atoms with E-state index in [0.717, 1.165) is 38.2 Å². The molecule has 0 bridgehead atoms. The number of benzene rings is 1. The van der Waals surface area contributed by atoms with Crippen LogP contribution in [-0.4, -0.2) is 60.0 Å².